The number of anilines is 2. The average molecular weight is 557 g/mol. The van der Waals surface area contributed by atoms with Gasteiger partial charge in [0.1, 0.15) is 12.1 Å². The maximum Gasteiger partial charge on any atom is 0.270 e. The minimum absolute atomic E-state index is 0.0515. The standard InChI is InChI=1S/C31H40N8O2/c1-20(2)26-30(40)38(24-14-9-7-10-15-24)36-28(34-26)22(5)32-18-13-19-33-23(6)29-35-27(21(3)4)31(41)39(37-29)25-16-11-8-12-17-25/h7-12,14-17,20-21,26-27H,13,18-19H2,1-6H3,(H,34,36)(H,35,37). The molecule has 10 heteroatoms. The van der Waals surface area contributed by atoms with Gasteiger partial charge in [-0.1, -0.05) is 64.1 Å². The molecule has 0 spiro atoms. The summed E-state index contributed by atoms with van der Waals surface area (Å²) < 4.78 is 0. The van der Waals surface area contributed by atoms with Crippen LogP contribution in [0.25, 0.3) is 0 Å². The van der Waals surface area contributed by atoms with Crippen molar-refractivity contribution in [2.75, 3.05) is 23.1 Å². The molecule has 2 amide bonds. The summed E-state index contributed by atoms with van der Waals surface area (Å²) in [6.07, 6.45) is 0.721. The first-order valence-corrected chi connectivity index (χ1v) is 14.2. The fourth-order valence-electron chi connectivity index (χ4n) is 4.50. The molecule has 216 valence electrons. The third-order valence-corrected chi connectivity index (χ3v) is 6.91. The molecule has 4 rings (SSSR count). The minimum Gasteiger partial charge on any atom is -0.286 e. The number of nitrogens with zero attached hydrogens (tertiary/aromatic N) is 6. The summed E-state index contributed by atoms with van der Waals surface area (Å²) in [5.41, 5.74) is 9.32. The van der Waals surface area contributed by atoms with Crippen molar-refractivity contribution in [2.24, 2.45) is 31.8 Å². The first kappa shape index (κ1) is 29.6. The van der Waals surface area contributed by atoms with Crippen LogP contribution >= 0.6 is 0 Å². The Morgan fingerprint density at radius 3 is 1.41 bits per heavy atom. The third kappa shape index (κ3) is 7.06. The highest BCUT2D eigenvalue weighted by Crippen LogP contribution is 2.21. The van der Waals surface area contributed by atoms with Gasteiger partial charge in [0.15, 0.2) is 11.7 Å². The molecular weight excluding hydrogens is 516 g/mol. The van der Waals surface area contributed by atoms with Crippen molar-refractivity contribution in [3.05, 3.63) is 60.7 Å². The summed E-state index contributed by atoms with van der Waals surface area (Å²) in [4.78, 5) is 44.9. The molecule has 2 aliphatic heterocycles. The molecule has 0 bridgehead atoms. The number of nitrogens with one attached hydrogen (secondary N) is 2. The number of aliphatic imine (C=N–C) groups is 4. The number of carbonyl (C=O) groups excluding carboxylic acids is 2. The Bertz CT molecular complexity index is 1250. The van der Waals surface area contributed by atoms with Gasteiger partial charge in [0.2, 0.25) is 0 Å². The number of amidine groups is 2. The van der Waals surface area contributed by atoms with Gasteiger partial charge >= 0.3 is 0 Å². The van der Waals surface area contributed by atoms with Crippen LogP contribution in [0.5, 0.6) is 0 Å². The minimum atomic E-state index is -0.482. The van der Waals surface area contributed by atoms with Gasteiger partial charge in [-0.05, 0) is 56.4 Å². The number of carbonyl (C=O) groups is 2. The van der Waals surface area contributed by atoms with Gasteiger partial charge in [-0.2, -0.15) is 0 Å². The summed E-state index contributed by atoms with van der Waals surface area (Å²) in [7, 11) is 0. The van der Waals surface area contributed by atoms with Crippen LogP contribution in [-0.4, -0.2) is 60.1 Å². The normalized spacial score (nSPS) is 20.2. The van der Waals surface area contributed by atoms with Gasteiger partial charge in [-0.15, -0.1) is 0 Å². The van der Waals surface area contributed by atoms with Crippen molar-refractivity contribution in [2.45, 2.75) is 60.0 Å². The van der Waals surface area contributed by atoms with Crippen molar-refractivity contribution in [3.8, 4) is 0 Å². The number of hydrazine groups is 2. The molecule has 0 saturated carbocycles. The van der Waals surface area contributed by atoms with Crippen molar-refractivity contribution >= 4 is 46.3 Å². The predicted octanol–water partition coefficient (Wildman–Crippen LogP) is 4.25. The van der Waals surface area contributed by atoms with E-state index in [0.29, 0.717) is 24.8 Å². The van der Waals surface area contributed by atoms with E-state index in [9.17, 15) is 9.59 Å². The summed E-state index contributed by atoms with van der Waals surface area (Å²) in [6.45, 7) is 12.9. The molecular formula is C31H40N8O2. The Labute approximate surface area is 242 Å². The van der Waals surface area contributed by atoms with Gasteiger partial charge in [0.25, 0.3) is 11.8 Å². The maximum atomic E-state index is 13.1. The number of rotatable bonds is 10. The van der Waals surface area contributed by atoms with Gasteiger partial charge in [-0.3, -0.25) is 40.4 Å². The first-order chi connectivity index (χ1) is 19.7. The van der Waals surface area contributed by atoms with Crippen LogP contribution in [0, 0.1) is 11.8 Å². The topological polar surface area (TPSA) is 114 Å². The van der Waals surface area contributed by atoms with E-state index < -0.39 is 12.1 Å². The number of hydrogen-bond donors (Lipinski definition) is 2. The SMILES string of the molecule is CC(=NCCCN=C(C)C1=NC(C(C)C)C(=O)N(c2ccccc2)N1)C1=NC(C(C)C)C(=O)N(c2ccccc2)N1. The fraction of sp³-hybridized carbons (Fsp3) is 0.419. The number of hydrogen-bond acceptors (Lipinski definition) is 8. The molecule has 2 aliphatic rings. The fourth-order valence-corrected chi connectivity index (χ4v) is 4.50. The first-order valence-electron chi connectivity index (χ1n) is 14.2. The quantitative estimate of drug-likeness (QED) is 0.336. The van der Waals surface area contributed by atoms with E-state index in [1.165, 1.54) is 0 Å². The van der Waals surface area contributed by atoms with E-state index in [1.54, 1.807) is 10.0 Å². The molecule has 2 N–H and O–H groups in total. The smallest absolute Gasteiger partial charge is 0.270 e. The number of para-hydroxylation sites is 2. The molecule has 0 aliphatic carbocycles. The molecule has 2 aromatic carbocycles. The predicted molar refractivity (Wildman–Crippen MR) is 167 cm³/mol. The molecule has 0 aromatic heterocycles. The molecule has 2 heterocycles. The van der Waals surface area contributed by atoms with E-state index in [2.05, 4.69) is 20.8 Å². The van der Waals surface area contributed by atoms with E-state index in [4.69, 9.17) is 9.98 Å². The van der Waals surface area contributed by atoms with Crippen molar-refractivity contribution in [1.82, 2.24) is 10.9 Å². The van der Waals surface area contributed by atoms with Crippen LogP contribution in [0.3, 0.4) is 0 Å². The highest BCUT2D eigenvalue weighted by molar-refractivity contribution is 6.42. The monoisotopic (exact) mass is 556 g/mol. The third-order valence-electron chi connectivity index (χ3n) is 6.91. The van der Waals surface area contributed by atoms with E-state index in [1.807, 2.05) is 102 Å². The Hall–Kier alpha value is -4.34. The van der Waals surface area contributed by atoms with E-state index >= 15 is 0 Å². The second-order valence-corrected chi connectivity index (χ2v) is 10.9. The molecule has 41 heavy (non-hydrogen) atoms. The zero-order valence-electron chi connectivity index (χ0n) is 24.7. The number of benzene rings is 2. The highest BCUT2D eigenvalue weighted by atomic mass is 16.2. The summed E-state index contributed by atoms with van der Waals surface area (Å²) in [6, 6.07) is 18.0. The van der Waals surface area contributed by atoms with E-state index in [-0.39, 0.29) is 23.7 Å². The summed E-state index contributed by atoms with van der Waals surface area (Å²) in [5, 5.41) is 3.12. The molecule has 2 unspecified atom stereocenters. The van der Waals surface area contributed by atoms with Crippen LogP contribution in [0.2, 0.25) is 0 Å². The molecule has 2 aromatic rings. The lowest BCUT2D eigenvalue weighted by Crippen LogP contribution is -2.57. The van der Waals surface area contributed by atoms with Crippen LogP contribution in [0.15, 0.2) is 80.6 Å². The second kappa shape index (κ2) is 13.3. The maximum absolute atomic E-state index is 13.1. The molecule has 10 nitrogen and oxygen atoms in total. The average Bonchev–Trinajstić information content (AvgIpc) is 2.97. The Morgan fingerprint density at radius 2 is 1.07 bits per heavy atom. The lowest BCUT2D eigenvalue weighted by molar-refractivity contribution is -0.122. The Morgan fingerprint density at radius 1 is 0.707 bits per heavy atom. The zero-order valence-corrected chi connectivity index (χ0v) is 24.7. The highest BCUT2D eigenvalue weighted by Gasteiger charge is 2.35. The molecule has 0 fully saturated rings. The number of amides is 2. The van der Waals surface area contributed by atoms with Gasteiger partial charge in [-0.25, -0.2) is 10.0 Å². The van der Waals surface area contributed by atoms with Crippen molar-refractivity contribution in [1.29, 1.82) is 0 Å². The van der Waals surface area contributed by atoms with E-state index in [0.717, 1.165) is 29.2 Å². The Balaban J connectivity index is 1.40. The van der Waals surface area contributed by atoms with Crippen molar-refractivity contribution < 1.29 is 9.59 Å². The van der Waals surface area contributed by atoms with Gasteiger partial charge < -0.3 is 0 Å². The lowest BCUT2D eigenvalue weighted by atomic mass is 10.0. The molecule has 0 radical (unpaired) electrons. The summed E-state index contributed by atoms with van der Waals surface area (Å²) >= 11 is 0. The van der Waals surface area contributed by atoms with Crippen LogP contribution in [0.1, 0.15) is 48.0 Å². The Kier molecular flexibility index (Phi) is 9.65. The van der Waals surface area contributed by atoms with Crippen molar-refractivity contribution in [3.63, 3.8) is 0 Å². The molecule has 2 atom stereocenters. The lowest BCUT2D eigenvalue weighted by Gasteiger charge is -2.33. The second-order valence-electron chi connectivity index (χ2n) is 10.9. The zero-order chi connectivity index (χ0) is 29.5. The largest absolute Gasteiger partial charge is 0.286 e. The molecule has 0 saturated heterocycles. The summed E-state index contributed by atoms with van der Waals surface area (Å²) in [5.74, 6) is 1.13. The van der Waals surface area contributed by atoms with Crippen LogP contribution in [0.4, 0.5) is 11.4 Å². The van der Waals surface area contributed by atoms with Gasteiger partial charge in [0, 0.05) is 13.1 Å². The van der Waals surface area contributed by atoms with Crippen LogP contribution in [-0.2, 0) is 9.59 Å². The van der Waals surface area contributed by atoms with Gasteiger partial charge in [0.05, 0.1) is 22.8 Å². The van der Waals surface area contributed by atoms with Crippen LogP contribution < -0.4 is 20.9 Å².